The number of aliphatic hydroxyl groups is 1. The largest absolute Gasteiger partial charge is 0.392 e. The van der Waals surface area contributed by atoms with Gasteiger partial charge in [0.2, 0.25) is 0 Å². The minimum Gasteiger partial charge on any atom is -0.392 e. The summed E-state index contributed by atoms with van der Waals surface area (Å²) < 4.78 is 0. The van der Waals surface area contributed by atoms with Crippen LogP contribution in [0.1, 0.15) is 54.4 Å². The van der Waals surface area contributed by atoms with E-state index in [0.717, 1.165) is 24.8 Å². The molecule has 0 spiro atoms. The summed E-state index contributed by atoms with van der Waals surface area (Å²) in [6.45, 7) is 0. The highest BCUT2D eigenvalue weighted by molar-refractivity contribution is 5.98. The first-order valence-corrected chi connectivity index (χ1v) is 9.57. The van der Waals surface area contributed by atoms with Crippen LogP contribution in [0.2, 0.25) is 0 Å². The molecule has 1 saturated carbocycles. The summed E-state index contributed by atoms with van der Waals surface area (Å²) in [5, 5.41) is 11.0. The number of ketones is 1. The lowest BCUT2D eigenvalue weighted by molar-refractivity contribution is 0.0286. The molecule has 1 aliphatic rings. The molecule has 2 heteroatoms. The number of Topliss-reactive ketones (excluding diaryl/α,β-unsaturated/α-hetero) is 1. The second-order valence-electron chi connectivity index (χ2n) is 7.25. The van der Waals surface area contributed by atoms with Gasteiger partial charge in [-0.05, 0) is 37.2 Å². The predicted molar refractivity (Wildman–Crippen MR) is 102 cm³/mol. The third-order valence-electron chi connectivity index (χ3n) is 5.53. The van der Waals surface area contributed by atoms with Crippen LogP contribution in [0.25, 0.3) is 0 Å². The van der Waals surface area contributed by atoms with Crippen LogP contribution in [0.15, 0.2) is 60.7 Å². The maximum absolute atomic E-state index is 13.1. The fourth-order valence-corrected chi connectivity index (χ4v) is 4.04. The van der Waals surface area contributed by atoms with Crippen molar-refractivity contribution in [3.05, 3.63) is 71.8 Å². The molecule has 0 heterocycles. The molecule has 0 unspecified atom stereocenters. The fourth-order valence-electron chi connectivity index (χ4n) is 4.04. The standard InChI is InChI=1S/C23H28O2/c24-22(19-12-6-2-7-13-19)21(17-16-18-10-4-1-5-11-18)23(25)20-14-8-3-9-15-20/h1-2,4-7,10-13,20-21,23,25H,3,8-9,14-17H2/t21-,23+/m0/s1. The van der Waals surface area contributed by atoms with Gasteiger partial charge >= 0.3 is 0 Å². The normalized spacial score (nSPS) is 17.8. The molecule has 0 radical (unpaired) electrons. The van der Waals surface area contributed by atoms with Gasteiger partial charge in [-0.1, -0.05) is 79.9 Å². The SMILES string of the molecule is O=C(c1ccccc1)[C@H](CCc1ccccc1)[C@H](O)C1CCCCC1. The topological polar surface area (TPSA) is 37.3 Å². The number of carbonyl (C=O) groups is 1. The Labute approximate surface area is 150 Å². The lowest BCUT2D eigenvalue weighted by Crippen LogP contribution is -2.36. The van der Waals surface area contributed by atoms with Gasteiger partial charge in [-0.15, -0.1) is 0 Å². The first-order valence-electron chi connectivity index (χ1n) is 9.57. The molecule has 1 fully saturated rings. The molecule has 0 aliphatic heterocycles. The van der Waals surface area contributed by atoms with Crippen molar-refractivity contribution < 1.29 is 9.90 Å². The Hall–Kier alpha value is -1.93. The van der Waals surface area contributed by atoms with E-state index in [9.17, 15) is 9.90 Å². The van der Waals surface area contributed by atoms with Gasteiger partial charge in [0, 0.05) is 11.5 Å². The first-order chi connectivity index (χ1) is 12.3. The van der Waals surface area contributed by atoms with Gasteiger partial charge in [0.25, 0.3) is 0 Å². The molecule has 3 rings (SSSR count). The Morgan fingerprint density at radius 1 is 0.920 bits per heavy atom. The second-order valence-corrected chi connectivity index (χ2v) is 7.25. The average molecular weight is 336 g/mol. The molecule has 132 valence electrons. The Bertz CT molecular complexity index is 644. The van der Waals surface area contributed by atoms with Crippen LogP contribution in [-0.4, -0.2) is 17.0 Å². The minimum absolute atomic E-state index is 0.0922. The lowest BCUT2D eigenvalue weighted by atomic mass is 9.76. The summed E-state index contributed by atoms with van der Waals surface area (Å²) in [5.41, 5.74) is 1.94. The maximum atomic E-state index is 13.1. The van der Waals surface area contributed by atoms with Gasteiger partial charge < -0.3 is 5.11 Å². The van der Waals surface area contributed by atoms with Crippen molar-refractivity contribution in [1.82, 2.24) is 0 Å². The van der Waals surface area contributed by atoms with E-state index in [1.54, 1.807) is 0 Å². The molecule has 1 N–H and O–H groups in total. The molecular formula is C23H28O2. The highest BCUT2D eigenvalue weighted by Crippen LogP contribution is 2.32. The molecular weight excluding hydrogens is 308 g/mol. The van der Waals surface area contributed by atoms with Gasteiger partial charge in [0.1, 0.15) is 0 Å². The van der Waals surface area contributed by atoms with E-state index in [4.69, 9.17) is 0 Å². The van der Waals surface area contributed by atoms with Crippen molar-refractivity contribution in [1.29, 1.82) is 0 Å². The lowest BCUT2D eigenvalue weighted by Gasteiger charge is -2.32. The molecule has 1 aliphatic carbocycles. The Morgan fingerprint density at radius 3 is 2.16 bits per heavy atom. The van der Waals surface area contributed by atoms with Crippen molar-refractivity contribution in [3.8, 4) is 0 Å². The van der Waals surface area contributed by atoms with E-state index >= 15 is 0 Å². The van der Waals surface area contributed by atoms with Crippen LogP contribution in [-0.2, 0) is 6.42 Å². The summed E-state index contributed by atoms with van der Waals surface area (Å²) in [6.07, 6.45) is 6.69. The maximum Gasteiger partial charge on any atom is 0.168 e. The number of hydrogen-bond acceptors (Lipinski definition) is 2. The van der Waals surface area contributed by atoms with Gasteiger partial charge in [-0.2, -0.15) is 0 Å². The summed E-state index contributed by atoms with van der Waals surface area (Å²) in [4.78, 5) is 13.1. The van der Waals surface area contributed by atoms with Crippen LogP contribution < -0.4 is 0 Å². The highest BCUT2D eigenvalue weighted by Gasteiger charge is 2.33. The van der Waals surface area contributed by atoms with E-state index < -0.39 is 6.10 Å². The average Bonchev–Trinajstić information content (AvgIpc) is 2.70. The van der Waals surface area contributed by atoms with Gasteiger partial charge in [-0.25, -0.2) is 0 Å². The predicted octanol–water partition coefficient (Wildman–Crippen LogP) is 5.06. The molecule has 0 aromatic heterocycles. The summed E-state index contributed by atoms with van der Waals surface area (Å²) in [5.74, 6) is 0.0440. The van der Waals surface area contributed by atoms with E-state index in [1.165, 1.54) is 24.8 Å². The van der Waals surface area contributed by atoms with Crippen LogP contribution in [0, 0.1) is 11.8 Å². The zero-order valence-electron chi connectivity index (χ0n) is 14.8. The zero-order valence-corrected chi connectivity index (χ0v) is 14.8. The van der Waals surface area contributed by atoms with Gasteiger partial charge in [0.05, 0.1) is 6.10 Å². The highest BCUT2D eigenvalue weighted by atomic mass is 16.3. The molecule has 0 amide bonds. The second kappa shape index (κ2) is 8.96. The van der Waals surface area contributed by atoms with Crippen molar-refractivity contribution in [2.24, 2.45) is 11.8 Å². The third kappa shape index (κ3) is 4.79. The summed E-state index contributed by atoms with van der Waals surface area (Å²) in [7, 11) is 0. The van der Waals surface area contributed by atoms with Crippen LogP contribution in [0.3, 0.4) is 0 Å². The number of carbonyl (C=O) groups excluding carboxylic acids is 1. The molecule has 25 heavy (non-hydrogen) atoms. The fraction of sp³-hybridized carbons (Fsp3) is 0.435. The molecule has 2 atom stereocenters. The minimum atomic E-state index is -0.531. The van der Waals surface area contributed by atoms with Crippen LogP contribution >= 0.6 is 0 Å². The Kier molecular flexibility index (Phi) is 6.41. The zero-order chi connectivity index (χ0) is 17.5. The number of aryl methyl sites for hydroxylation is 1. The van der Waals surface area contributed by atoms with Crippen LogP contribution in [0.4, 0.5) is 0 Å². The van der Waals surface area contributed by atoms with Crippen LogP contribution in [0.5, 0.6) is 0 Å². The Morgan fingerprint density at radius 2 is 1.52 bits per heavy atom. The number of hydrogen-bond donors (Lipinski definition) is 1. The van der Waals surface area contributed by atoms with Crippen molar-refractivity contribution in [2.75, 3.05) is 0 Å². The monoisotopic (exact) mass is 336 g/mol. The van der Waals surface area contributed by atoms with E-state index in [2.05, 4.69) is 12.1 Å². The molecule has 0 bridgehead atoms. The molecule has 2 nitrogen and oxygen atoms in total. The number of benzene rings is 2. The summed E-state index contributed by atoms with van der Waals surface area (Å²) >= 11 is 0. The quantitative estimate of drug-likeness (QED) is 0.718. The van der Waals surface area contributed by atoms with Crippen molar-refractivity contribution in [3.63, 3.8) is 0 Å². The first kappa shape index (κ1) is 17.9. The smallest absolute Gasteiger partial charge is 0.168 e. The molecule has 2 aromatic carbocycles. The van der Waals surface area contributed by atoms with Crippen molar-refractivity contribution in [2.45, 2.75) is 51.0 Å². The Balaban J connectivity index is 1.76. The molecule has 2 aromatic rings. The number of aliphatic hydroxyl groups excluding tert-OH is 1. The molecule has 0 saturated heterocycles. The van der Waals surface area contributed by atoms with Crippen molar-refractivity contribution >= 4 is 5.78 Å². The summed E-state index contributed by atoms with van der Waals surface area (Å²) in [6, 6.07) is 19.7. The van der Waals surface area contributed by atoms with E-state index in [0.29, 0.717) is 6.42 Å². The van der Waals surface area contributed by atoms with Gasteiger partial charge in [0.15, 0.2) is 5.78 Å². The van der Waals surface area contributed by atoms with E-state index in [-0.39, 0.29) is 17.6 Å². The van der Waals surface area contributed by atoms with E-state index in [1.807, 2.05) is 48.5 Å². The third-order valence-corrected chi connectivity index (χ3v) is 5.53. The number of rotatable bonds is 7. The van der Waals surface area contributed by atoms with Gasteiger partial charge in [-0.3, -0.25) is 4.79 Å².